The zero-order valence-corrected chi connectivity index (χ0v) is 10.3. The Balaban J connectivity index is 3.22. The van der Waals surface area contributed by atoms with E-state index in [2.05, 4.69) is 13.8 Å². The third-order valence-corrected chi connectivity index (χ3v) is 2.61. The lowest BCUT2D eigenvalue weighted by Gasteiger charge is -2.22. The Labute approximate surface area is 98.7 Å². The molecule has 0 amide bonds. The third kappa shape index (κ3) is 2.81. The Kier molecular flexibility index (Phi) is 4.05. The second-order valence-electron chi connectivity index (χ2n) is 4.18. The summed E-state index contributed by atoms with van der Waals surface area (Å²) in [5.41, 5.74) is 0.960. The summed E-state index contributed by atoms with van der Waals surface area (Å²) < 4.78 is 10.5. The smallest absolute Gasteiger partial charge is 0.122 e. The van der Waals surface area contributed by atoms with Gasteiger partial charge < -0.3 is 9.47 Å². The average Bonchev–Trinajstić information content (AvgIpc) is 2.28. The van der Waals surface area contributed by atoms with Gasteiger partial charge in [0, 0.05) is 11.5 Å². The molecule has 0 saturated carbocycles. The SMILES string of the molecule is [B]/C=C/C(C)(C)c1cc(OC)cc(OC)c1. The summed E-state index contributed by atoms with van der Waals surface area (Å²) in [6.45, 7) is 4.18. The van der Waals surface area contributed by atoms with Crippen LogP contribution < -0.4 is 9.47 Å². The molecule has 0 atom stereocenters. The van der Waals surface area contributed by atoms with Crippen molar-refractivity contribution in [3.05, 3.63) is 35.8 Å². The lowest BCUT2D eigenvalue weighted by molar-refractivity contribution is 0.392. The molecule has 0 heterocycles. The summed E-state index contributed by atoms with van der Waals surface area (Å²) in [4.78, 5) is 0. The molecular weight excluding hydrogens is 199 g/mol. The first kappa shape index (κ1) is 12.7. The van der Waals surface area contributed by atoms with Crippen LogP contribution >= 0.6 is 0 Å². The van der Waals surface area contributed by atoms with E-state index < -0.39 is 0 Å². The van der Waals surface area contributed by atoms with E-state index in [4.69, 9.17) is 17.3 Å². The lowest BCUT2D eigenvalue weighted by atomic mass is 9.82. The van der Waals surface area contributed by atoms with Gasteiger partial charge in [0.2, 0.25) is 0 Å². The fourth-order valence-corrected chi connectivity index (χ4v) is 1.52. The number of hydrogen-bond acceptors (Lipinski definition) is 2. The quantitative estimate of drug-likeness (QED) is 0.720. The second-order valence-corrected chi connectivity index (χ2v) is 4.18. The van der Waals surface area contributed by atoms with Crippen molar-refractivity contribution in [1.82, 2.24) is 0 Å². The van der Waals surface area contributed by atoms with Crippen molar-refractivity contribution < 1.29 is 9.47 Å². The molecule has 0 unspecified atom stereocenters. The first-order valence-corrected chi connectivity index (χ1v) is 5.16. The Hall–Kier alpha value is -1.38. The summed E-state index contributed by atoms with van der Waals surface area (Å²) >= 11 is 0. The van der Waals surface area contributed by atoms with Gasteiger partial charge in [-0.05, 0) is 17.7 Å². The van der Waals surface area contributed by atoms with Crippen molar-refractivity contribution in [3.8, 4) is 11.5 Å². The summed E-state index contributed by atoms with van der Waals surface area (Å²) in [7, 11) is 8.74. The molecule has 0 saturated heterocycles. The summed E-state index contributed by atoms with van der Waals surface area (Å²) in [5, 5.41) is 0. The molecule has 0 aliphatic heterocycles. The van der Waals surface area contributed by atoms with Crippen molar-refractivity contribution in [3.63, 3.8) is 0 Å². The van der Waals surface area contributed by atoms with E-state index in [1.54, 1.807) is 20.2 Å². The van der Waals surface area contributed by atoms with Gasteiger partial charge >= 0.3 is 0 Å². The molecule has 2 radical (unpaired) electrons. The van der Waals surface area contributed by atoms with Crippen molar-refractivity contribution in [2.24, 2.45) is 0 Å². The van der Waals surface area contributed by atoms with Crippen molar-refractivity contribution in [2.45, 2.75) is 19.3 Å². The molecular formula is C13H17BO2. The summed E-state index contributed by atoms with van der Waals surface area (Å²) in [6, 6.07) is 5.83. The molecule has 16 heavy (non-hydrogen) atoms. The minimum atomic E-state index is -0.142. The molecule has 1 rings (SSSR count). The normalized spacial score (nSPS) is 11.8. The molecule has 84 valence electrons. The number of methoxy groups -OCH3 is 2. The zero-order chi connectivity index (χ0) is 12.2. The Bertz CT molecular complexity index is 361. The predicted octanol–water partition coefficient (Wildman–Crippen LogP) is 2.66. The first-order chi connectivity index (χ1) is 7.53. The highest BCUT2D eigenvalue weighted by Crippen LogP contribution is 2.31. The molecule has 0 bridgehead atoms. The van der Waals surface area contributed by atoms with Gasteiger partial charge in [0.25, 0.3) is 0 Å². The van der Waals surface area contributed by atoms with Crippen LogP contribution in [0.1, 0.15) is 19.4 Å². The molecule has 0 spiro atoms. The van der Waals surface area contributed by atoms with Crippen LogP contribution in [0.2, 0.25) is 0 Å². The van der Waals surface area contributed by atoms with Crippen LogP contribution in [-0.2, 0) is 5.41 Å². The number of benzene rings is 1. The fraction of sp³-hybridized carbons (Fsp3) is 0.385. The highest BCUT2D eigenvalue weighted by molar-refractivity contribution is 6.17. The molecule has 1 aromatic rings. The zero-order valence-electron chi connectivity index (χ0n) is 10.3. The number of hydrogen-bond donors (Lipinski definition) is 0. The van der Waals surface area contributed by atoms with Gasteiger partial charge in [-0.2, -0.15) is 0 Å². The molecule has 3 heteroatoms. The van der Waals surface area contributed by atoms with Crippen LogP contribution in [0, 0.1) is 0 Å². The van der Waals surface area contributed by atoms with Gasteiger partial charge in [-0.3, -0.25) is 0 Å². The maximum atomic E-state index is 5.45. The van der Waals surface area contributed by atoms with Gasteiger partial charge in [-0.15, -0.1) is 5.98 Å². The minimum Gasteiger partial charge on any atom is -0.497 e. The minimum absolute atomic E-state index is 0.142. The molecule has 2 nitrogen and oxygen atoms in total. The lowest BCUT2D eigenvalue weighted by Crippen LogP contribution is -2.13. The molecule has 0 aliphatic rings. The molecule has 0 fully saturated rings. The van der Waals surface area contributed by atoms with Gasteiger partial charge in [-0.1, -0.05) is 19.9 Å². The molecule has 0 aliphatic carbocycles. The van der Waals surface area contributed by atoms with E-state index in [1.807, 2.05) is 24.3 Å². The van der Waals surface area contributed by atoms with Crippen LogP contribution in [0.25, 0.3) is 0 Å². The van der Waals surface area contributed by atoms with Crippen LogP contribution in [0.3, 0.4) is 0 Å². The van der Waals surface area contributed by atoms with E-state index in [9.17, 15) is 0 Å². The number of allylic oxidation sites excluding steroid dienone is 1. The monoisotopic (exact) mass is 216 g/mol. The summed E-state index contributed by atoms with van der Waals surface area (Å²) in [6.07, 6.45) is 1.95. The van der Waals surface area contributed by atoms with Gasteiger partial charge in [-0.25, -0.2) is 0 Å². The predicted molar refractivity (Wildman–Crippen MR) is 67.5 cm³/mol. The molecule has 0 aromatic heterocycles. The van der Waals surface area contributed by atoms with Crippen LogP contribution in [0.4, 0.5) is 0 Å². The topological polar surface area (TPSA) is 18.5 Å². The third-order valence-electron chi connectivity index (χ3n) is 2.61. The Morgan fingerprint density at radius 2 is 1.56 bits per heavy atom. The molecule has 0 N–H and O–H groups in total. The van der Waals surface area contributed by atoms with Crippen molar-refractivity contribution >= 4 is 7.85 Å². The number of ether oxygens (including phenoxy) is 2. The van der Waals surface area contributed by atoms with Gasteiger partial charge in [0.15, 0.2) is 0 Å². The molecule has 1 aromatic carbocycles. The first-order valence-electron chi connectivity index (χ1n) is 5.16. The van der Waals surface area contributed by atoms with E-state index in [-0.39, 0.29) is 5.41 Å². The highest BCUT2D eigenvalue weighted by Gasteiger charge is 2.18. The standard InChI is InChI=1S/C13H17BO2/c1-13(2,5-6-14)10-7-11(15-3)9-12(8-10)16-4/h5-9H,1-4H3/b6-5+. The van der Waals surface area contributed by atoms with Gasteiger partial charge in [0.1, 0.15) is 19.3 Å². The van der Waals surface area contributed by atoms with Crippen LogP contribution in [-0.4, -0.2) is 22.1 Å². The van der Waals surface area contributed by atoms with E-state index in [1.165, 1.54) is 0 Å². The van der Waals surface area contributed by atoms with E-state index >= 15 is 0 Å². The van der Waals surface area contributed by atoms with E-state index in [0.29, 0.717) is 0 Å². The second kappa shape index (κ2) is 5.11. The van der Waals surface area contributed by atoms with Crippen molar-refractivity contribution in [1.29, 1.82) is 0 Å². The van der Waals surface area contributed by atoms with Crippen molar-refractivity contribution in [2.75, 3.05) is 14.2 Å². The maximum Gasteiger partial charge on any atom is 0.122 e. The largest absolute Gasteiger partial charge is 0.497 e. The average molecular weight is 216 g/mol. The Morgan fingerprint density at radius 1 is 1.06 bits per heavy atom. The fourth-order valence-electron chi connectivity index (χ4n) is 1.52. The van der Waals surface area contributed by atoms with E-state index in [0.717, 1.165) is 17.1 Å². The van der Waals surface area contributed by atoms with Crippen LogP contribution in [0.5, 0.6) is 11.5 Å². The Morgan fingerprint density at radius 3 is 1.94 bits per heavy atom. The number of rotatable bonds is 4. The van der Waals surface area contributed by atoms with Gasteiger partial charge in [0.05, 0.1) is 14.2 Å². The van der Waals surface area contributed by atoms with Crippen LogP contribution in [0.15, 0.2) is 30.3 Å². The maximum absolute atomic E-state index is 5.45. The highest BCUT2D eigenvalue weighted by atomic mass is 16.5. The summed E-state index contributed by atoms with van der Waals surface area (Å²) in [5.74, 6) is 3.13.